The van der Waals surface area contributed by atoms with E-state index in [4.69, 9.17) is 10.3 Å². The van der Waals surface area contributed by atoms with Gasteiger partial charge in [0.25, 0.3) is 16.0 Å². The van der Waals surface area contributed by atoms with E-state index in [0.717, 1.165) is 35.1 Å². The van der Waals surface area contributed by atoms with E-state index in [0.29, 0.717) is 0 Å². The lowest BCUT2D eigenvalue weighted by Crippen LogP contribution is -2.27. The summed E-state index contributed by atoms with van der Waals surface area (Å²) >= 11 is 0. The molecule has 1 unspecified atom stereocenters. The van der Waals surface area contributed by atoms with Crippen LogP contribution in [0.3, 0.4) is 0 Å². The second kappa shape index (κ2) is 6.96. The lowest BCUT2D eigenvalue weighted by atomic mass is 10.0. The minimum atomic E-state index is -4.94. The van der Waals surface area contributed by atoms with Crippen molar-refractivity contribution in [2.75, 3.05) is 5.75 Å². The van der Waals surface area contributed by atoms with Gasteiger partial charge in [0.2, 0.25) is 5.69 Å². The second-order valence-corrected chi connectivity index (χ2v) is 6.86. The van der Waals surface area contributed by atoms with Gasteiger partial charge in [-0.25, -0.2) is 4.68 Å². The molecule has 10 nitrogen and oxygen atoms in total. The zero-order valence-corrected chi connectivity index (χ0v) is 13.9. The Hall–Kier alpha value is -3.00. The highest BCUT2D eigenvalue weighted by atomic mass is 32.2. The lowest BCUT2D eigenvalue weighted by molar-refractivity contribution is -0.385. The van der Waals surface area contributed by atoms with E-state index in [1.54, 1.807) is 0 Å². The average Bonchev–Trinajstić information content (AvgIpc) is 2.97. The van der Waals surface area contributed by atoms with Gasteiger partial charge >= 0.3 is 11.9 Å². The molecule has 146 valence electrons. The lowest BCUT2D eigenvalue weighted by Gasteiger charge is -2.19. The summed E-state index contributed by atoms with van der Waals surface area (Å²) in [5.74, 6) is -5.20. The molecule has 0 aliphatic rings. The molecule has 2 rings (SSSR count). The van der Waals surface area contributed by atoms with Crippen LogP contribution in [-0.2, 0) is 10.1 Å². The fourth-order valence-corrected chi connectivity index (χ4v) is 3.06. The van der Waals surface area contributed by atoms with Crippen molar-refractivity contribution in [2.24, 2.45) is 5.73 Å². The summed E-state index contributed by atoms with van der Waals surface area (Å²) in [5, 5.41) is 14.5. The molecule has 1 amide bonds. The largest absolute Gasteiger partial charge is 0.396 e. The number of rotatable bonds is 6. The van der Waals surface area contributed by atoms with Crippen molar-refractivity contribution in [3.8, 4) is 5.69 Å². The van der Waals surface area contributed by atoms with E-state index < -0.39 is 55.7 Å². The molecule has 2 aromatic rings. The van der Waals surface area contributed by atoms with Gasteiger partial charge in [0.1, 0.15) is 6.20 Å². The molecule has 3 N–H and O–H groups in total. The highest BCUT2D eigenvalue weighted by Gasteiger charge is 2.43. The van der Waals surface area contributed by atoms with E-state index in [9.17, 15) is 36.5 Å². The zero-order valence-electron chi connectivity index (χ0n) is 13.1. The number of hydrogen-bond acceptors (Lipinski definition) is 6. The number of nitrogens with two attached hydrogens (primary N) is 1. The van der Waals surface area contributed by atoms with E-state index >= 15 is 0 Å². The van der Waals surface area contributed by atoms with Gasteiger partial charge in [-0.3, -0.25) is 19.5 Å². The third-order valence-corrected chi connectivity index (χ3v) is 4.21. The molecule has 0 aliphatic heterocycles. The van der Waals surface area contributed by atoms with Crippen LogP contribution in [0.1, 0.15) is 22.0 Å². The Morgan fingerprint density at radius 1 is 1.33 bits per heavy atom. The highest BCUT2D eigenvalue weighted by molar-refractivity contribution is 7.85. The first kappa shape index (κ1) is 20.3. The summed E-state index contributed by atoms with van der Waals surface area (Å²) in [7, 11) is -4.90. The van der Waals surface area contributed by atoms with Crippen molar-refractivity contribution in [1.29, 1.82) is 0 Å². The van der Waals surface area contributed by atoms with Crippen LogP contribution >= 0.6 is 0 Å². The molecule has 0 fully saturated rings. The molecule has 14 heteroatoms. The summed E-state index contributed by atoms with van der Waals surface area (Å²) in [5.41, 5.74) is 3.26. The van der Waals surface area contributed by atoms with Crippen molar-refractivity contribution in [3.63, 3.8) is 0 Å². The minimum Gasteiger partial charge on any atom is -0.364 e. The van der Waals surface area contributed by atoms with Crippen molar-refractivity contribution >= 4 is 21.7 Å². The molecular weight excluding hydrogens is 397 g/mol. The van der Waals surface area contributed by atoms with Gasteiger partial charge in [-0.2, -0.15) is 26.7 Å². The van der Waals surface area contributed by atoms with E-state index in [1.165, 1.54) is 0 Å². The fourth-order valence-electron chi connectivity index (χ4n) is 2.26. The summed E-state index contributed by atoms with van der Waals surface area (Å²) < 4.78 is 70.5. The number of hydrogen-bond donors (Lipinski definition) is 2. The number of halogens is 3. The summed E-state index contributed by atoms with van der Waals surface area (Å²) in [4.78, 5) is 21.2. The van der Waals surface area contributed by atoms with Crippen LogP contribution in [0.4, 0.5) is 18.9 Å². The van der Waals surface area contributed by atoms with Crippen molar-refractivity contribution in [2.45, 2.75) is 12.1 Å². The number of amides is 1. The average molecular weight is 408 g/mol. The number of carbonyl (C=O) groups excluding carboxylic acids is 1. The Morgan fingerprint density at radius 3 is 2.26 bits per heavy atom. The van der Waals surface area contributed by atoms with E-state index in [-0.39, 0.29) is 5.69 Å². The van der Waals surface area contributed by atoms with Crippen LogP contribution < -0.4 is 5.73 Å². The fraction of sp³-hybridized carbons (Fsp3) is 0.231. The molecule has 0 bridgehead atoms. The quantitative estimate of drug-likeness (QED) is 0.415. The third-order valence-electron chi connectivity index (χ3n) is 3.46. The number of nitro groups is 1. The van der Waals surface area contributed by atoms with Crippen LogP contribution in [-0.4, -0.2) is 45.5 Å². The van der Waals surface area contributed by atoms with Crippen LogP contribution in [0.2, 0.25) is 0 Å². The third kappa shape index (κ3) is 4.79. The van der Waals surface area contributed by atoms with E-state index in [1.807, 2.05) is 0 Å². The van der Waals surface area contributed by atoms with Gasteiger partial charge in [0, 0.05) is 0 Å². The maximum Gasteiger partial charge on any atom is 0.396 e. The smallest absolute Gasteiger partial charge is 0.364 e. The van der Waals surface area contributed by atoms with Gasteiger partial charge in [-0.15, -0.1) is 0 Å². The van der Waals surface area contributed by atoms with E-state index in [2.05, 4.69) is 5.10 Å². The SMILES string of the molecule is NC(=O)c1nn(-c2ccc(C(CS(=O)(=O)O)C(F)(F)F)cc2)cc1[N+](=O)[O-]. The topological polar surface area (TPSA) is 158 Å². The number of nitrogens with zero attached hydrogens (tertiary/aromatic N) is 3. The first-order valence-electron chi connectivity index (χ1n) is 6.95. The Balaban J connectivity index is 2.43. The summed E-state index contributed by atoms with van der Waals surface area (Å²) in [6.07, 6.45) is -4.09. The highest BCUT2D eigenvalue weighted by Crippen LogP contribution is 2.36. The monoisotopic (exact) mass is 408 g/mol. The second-order valence-electron chi connectivity index (χ2n) is 5.36. The summed E-state index contributed by atoms with van der Waals surface area (Å²) in [6.45, 7) is 0. The standard InChI is InChI=1S/C13H11F3N4O6S/c14-13(15,16)9(6-27(24,25)26)7-1-3-8(4-2-7)19-5-10(20(22)23)11(18-19)12(17)21/h1-5,9H,6H2,(H2,17,21)(H,24,25,26). The first-order chi connectivity index (χ1) is 12.3. The minimum absolute atomic E-state index is 0.0575. The van der Waals surface area contributed by atoms with Crippen molar-refractivity contribution < 1.29 is 35.9 Å². The predicted molar refractivity (Wildman–Crippen MR) is 83.9 cm³/mol. The van der Waals surface area contributed by atoms with Gasteiger partial charge < -0.3 is 5.73 Å². The van der Waals surface area contributed by atoms with Crippen molar-refractivity contribution in [3.05, 3.63) is 51.8 Å². The zero-order chi connectivity index (χ0) is 20.6. The van der Waals surface area contributed by atoms with Gasteiger partial charge in [-0.05, 0) is 17.7 Å². The van der Waals surface area contributed by atoms with Gasteiger partial charge in [0.05, 0.1) is 22.3 Å². The predicted octanol–water partition coefficient (Wildman–Crippen LogP) is 1.41. The maximum atomic E-state index is 13.1. The molecule has 1 aromatic heterocycles. The number of aromatic nitrogens is 2. The summed E-state index contributed by atoms with van der Waals surface area (Å²) in [6, 6.07) is 4.02. The van der Waals surface area contributed by atoms with Crippen molar-refractivity contribution in [1.82, 2.24) is 9.78 Å². The maximum absolute atomic E-state index is 13.1. The Bertz CT molecular complexity index is 953. The molecule has 0 aliphatic carbocycles. The normalized spacial score (nSPS) is 13.3. The molecule has 0 radical (unpaired) electrons. The molecule has 0 saturated heterocycles. The molecule has 27 heavy (non-hydrogen) atoms. The van der Waals surface area contributed by atoms with Crippen LogP contribution in [0.25, 0.3) is 5.69 Å². The molecule has 1 atom stereocenters. The van der Waals surface area contributed by atoms with Crippen LogP contribution in [0, 0.1) is 10.1 Å². The number of primary amides is 1. The molecular formula is C13H11F3N4O6S. The molecule has 1 aromatic carbocycles. The number of benzene rings is 1. The first-order valence-corrected chi connectivity index (χ1v) is 8.56. The van der Waals surface area contributed by atoms with Gasteiger partial charge in [-0.1, -0.05) is 12.1 Å². The number of alkyl halides is 3. The van der Waals surface area contributed by atoms with Crippen LogP contribution in [0.15, 0.2) is 30.5 Å². The Kier molecular flexibility index (Phi) is 5.23. The Morgan fingerprint density at radius 2 is 1.89 bits per heavy atom. The molecule has 0 spiro atoms. The molecule has 1 heterocycles. The van der Waals surface area contributed by atoms with Gasteiger partial charge in [0.15, 0.2) is 0 Å². The van der Waals surface area contributed by atoms with Crippen LogP contribution in [0.5, 0.6) is 0 Å². The Labute approximate surface area is 149 Å². The molecule has 0 saturated carbocycles. The number of carbonyl (C=O) groups is 1.